The number of nitrogens with zero attached hydrogens (tertiary/aromatic N) is 2. The minimum atomic E-state index is -0.481. The first-order valence-corrected chi connectivity index (χ1v) is 9.15. The quantitative estimate of drug-likeness (QED) is 0.674. The molecule has 1 N–H and O–H groups in total. The van der Waals surface area contributed by atoms with Crippen molar-refractivity contribution in [1.29, 1.82) is 0 Å². The van der Waals surface area contributed by atoms with E-state index in [-0.39, 0.29) is 18.2 Å². The molecule has 0 saturated carbocycles. The average Bonchev–Trinajstić information content (AvgIpc) is 2.64. The van der Waals surface area contributed by atoms with E-state index in [1.54, 1.807) is 24.2 Å². The fourth-order valence-electron chi connectivity index (χ4n) is 3.33. The molecule has 6 nitrogen and oxygen atoms in total. The van der Waals surface area contributed by atoms with Crippen LogP contribution >= 0.6 is 0 Å². The molecule has 0 unspecified atom stereocenters. The van der Waals surface area contributed by atoms with Crippen LogP contribution in [-0.2, 0) is 16.1 Å². The van der Waals surface area contributed by atoms with Gasteiger partial charge in [-0.2, -0.15) is 0 Å². The van der Waals surface area contributed by atoms with Crippen molar-refractivity contribution in [3.05, 3.63) is 54.6 Å². The summed E-state index contributed by atoms with van der Waals surface area (Å²) in [4.78, 5) is 28.8. The number of hydrogen-bond acceptors (Lipinski definition) is 4. The van der Waals surface area contributed by atoms with E-state index in [1.807, 2.05) is 19.1 Å². The van der Waals surface area contributed by atoms with E-state index in [9.17, 15) is 9.59 Å². The van der Waals surface area contributed by atoms with Crippen molar-refractivity contribution in [1.82, 2.24) is 15.1 Å². The summed E-state index contributed by atoms with van der Waals surface area (Å²) in [6.45, 7) is 12.2. The summed E-state index contributed by atoms with van der Waals surface area (Å²) in [6.07, 6.45) is 3.50. The first-order chi connectivity index (χ1) is 13.0. The summed E-state index contributed by atoms with van der Waals surface area (Å²) in [5.74, 6) is 0.663. The Labute approximate surface area is 161 Å². The highest BCUT2D eigenvalue weighted by atomic mass is 16.5. The topological polar surface area (TPSA) is 61.9 Å². The lowest BCUT2D eigenvalue weighted by Gasteiger charge is -2.35. The van der Waals surface area contributed by atoms with Gasteiger partial charge < -0.3 is 15.0 Å². The van der Waals surface area contributed by atoms with Crippen molar-refractivity contribution in [2.75, 3.05) is 33.3 Å². The van der Waals surface area contributed by atoms with Gasteiger partial charge in [0, 0.05) is 32.7 Å². The van der Waals surface area contributed by atoms with Crippen LogP contribution in [0.3, 0.4) is 0 Å². The SMILES string of the molecule is C=CCN(CC=C)C(=O)C[C@H]1C(=O)NCCN1Cc1ccc(OC)c(C)c1. The van der Waals surface area contributed by atoms with E-state index in [0.717, 1.165) is 16.9 Å². The number of benzene rings is 1. The number of nitrogens with one attached hydrogen (secondary N) is 1. The fraction of sp³-hybridized carbons (Fsp3) is 0.429. The molecule has 1 saturated heterocycles. The summed E-state index contributed by atoms with van der Waals surface area (Å²) in [5, 5.41) is 2.87. The van der Waals surface area contributed by atoms with Crippen molar-refractivity contribution in [2.24, 2.45) is 0 Å². The van der Waals surface area contributed by atoms with Crippen LogP contribution in [0.25, 0.3) is 0 Å². The molecule has 27 heavy (non-hydrogen) atoms. The molecule has 0 aliphatic carbocycles. The summed E-state index contributed by atoms with van der Waals surface area (Å²) >= 11 is 0. The van der Waals surface area contributed by atoms with E-state index in [2.05, 4.69) is 29.4 Å². The molecule has 0 aromatic heterocycles. The van der Waals surface area contributed by atoms with Crippen molar-refractivity contribution < 1.29 is 14.3 Å². The second-order valence-corrected chi connectivity index (χ2v) is 6.66. The molecule has 2 amide bonds. The Bertz CT molecular complexity index is 692. The highest BCUT2D eigenvalue weighted by Crippen LogP contribution is 2.21. The third-order valence-electron chi connectivity index (χ3n) is 4.71. The van der Waals surface area contributed by atoms with Gasteiger partial charge in [0.15, 0.2) is 0 Å². The molecule has 1 aromatic carbocycles. The van der Waals surface area contributed by atoms with Crippen molar-refractivity contribution in [3.8, 4) is 5.75 Å². The van der Waals surface area contributed by atoms with E-state index in [0.29, 0.717) is 32.7 Å². The normalized spacial score (nSPS) is 17.1. The molecule has 1 atom stereocenters. The van der Waals surface area contributed by atoms with E-state index >= 15 is 0 Å². The number of piperazine rings is 1. The molecule has 0 radical (unpaired) electrons. The maximum Gasteiger partial charge on any atom is 0.237 e. The molecule has 1 aliphatic heterocycles. The molecular formula is C21H29N3O3. The van der Waals surface area contributed by atoms with Crippen molar-refractivity contribution in [3.63, 3.8) is 0 Å². The maximum atomic E-state index is 12.7. The van der Waals surface area contributed by atoms with Gasteiger partial charge in [-0.15, -0.1) is 13.2 Å². The van der Waals surface area contributed by atoms with Crippen LogP contribution in [0.15, 0.2) is 43.5 Å². The second kappa shape index (κ2) is 9.92. The van der Waals surface area contributed by atoms with E-state index in [1.165, 1.54) is 0 Å². The molecule has 6 heteroatoms. The molecule has 0 bridgehead atoms. The Kier molecular flexibility index (Phi) is 7.61. The van der Waals surface area contributed by atoms with Crippen LogP contribution in [0, 0.1) is 6.92 Å². The maximum absolute atomic E-state index is 12.7. The lowest BCUT2D eigenvalue weighted by atomic mass is 10.0. The van der Waals surface area contributed by atoms with Crippen molar-refractivity contribution >= 4 is 11.8 Å². The highest BCUT2D eigenvalue weighted by molar-refractivity contribution is 5.89. The van der Waals surface area contributed by atoms with E-state index in [4.69, 9.17) is 4.74 Å². The number of hydrogen-bond donors (Lipinski definition) is 1. The Hall–Kier alpha value is -2.60. The number of ether oxygens (including phenoxy) is 1. The van der Waals surface area contributed by atoms with Crippen LogP contribution in [0.4, 0.5) is 0 Å². The van der Waals surface area contributed by atoms with Gasteiger partial charge in [-0.25, -0.2) is 0 Å². The lowest BCUT2D eigenvalue weighted by Crippen LogP contribution is -2.56. The zero-order valence-electron chi connectivity index (χ0n) is 16.2. The van der Waals surface area contributed by atoms with Gasteiger partial charge in [0.25, 0.3) is 0 Å². The van der Waals surface area contributed by atoms with Crippen LogP contribution in [0.2, 0.25) is 0 Å². The number of amides is 2. The van der Waals surface area contributed by atoms with E-state index < -0.39 is 6.04 Å². The second-order valence-electron chi connectivity index (χ2n) is 6.66. The Morgan fingerprint density at radius 2 is 2.07 bits per heavy atom. The molecule has 1 heterocycles. The highest BCUT2D eigenvalue weighted by Gasteiger charge is 2.32. The first kappa shape index (κ1) is 20.7. The summed E-state index contributed by atoms with van der Waals surface area (Å²) in [5.41, 5.74) is 2.14. The number of carbonyl (C=O) groups is 2. The number of carbonyl (C=O) groups excluding carboxylic acids is 2. The molecule has 2 rings (SSSR count). The van der Waals surface area contributed by atoms with Gasteiger partial charge in [-0.05, 0) is 24.1 Å². The average molecular weight is 371 g/mol. The molecule has 1 aromatic rings. The molecule has 146 valence electrons. The molecule has 1 fully saturated rings. The Balaban J connectivity index is 2.12. The largest absolute Gasteiger partial charge is 0.496 e. The lowest BCUT2D eigenvalue weighted by molar-refractivity contribution is -0.138. The van der Waals surface area contributed by atoms with Crippen LogP contribution < -0.4 is 10.1 Å². The van der Waals surface area contributed by atoms with Crippen LogP contribution in [0.1, 0.15) is 17.5 Å². The Morgan fingerprint density at radius 1 is 1.37 bits per heavy atom. The van der Waals surface area contributed by atoms with Gasteiger partial charge in [0.05, 0.1) is 19.6 Å². The fourth-order valence-corrected chi connectivity index (χ4v) is 3.33. The summed E-state index contributed by atoms with van der Waals surface area (Å²) in [7, 11) is 1.65. The third-order valence-corrected chi connectivity index (χ3v) is 4.71. The van der Waals surface area contributed by atoms with Crippen molar-refractivity contribution in [2.45, 2.75) is 25.9 Å². The van der Waals surface area contributed by atoms with Gasteiger partial charge in [-0.1, -0.05) is 24.3 Å². The number of aryl methyl sites for hydroxylation is 1. The van der Waals surface area contributed by atoms with Gasteiger partial charge in [0.2, 0.25) is 11.8 Å². The number of rotatable bonds is 9. The van der Waals surface area contributed by atoms with Crippen LogP contribution in [-0.4, -0.2) is 60.9 Å². The standard InChI is InChI=1S/C21H29N3O3/c1-5-10-23(11-6-2)20(25)14-18-21(26)22-9-12-24(18)15-17-7-8-19(27-4)16(3)13-17/h5-8,13,18H,1-2,9-12,14-15H2,3-4H3,(H,22,26)/t18-/m0/s1. The Morgan fingerprint density at radius 3 is 2.67 bits per heavy atom. The summed E-state index contributed by atoms with van der Waals surface area (Å²) in [6, 6.07) is 5.51. The minimum absolute atomic E-state index is 0.0761. The van der Waals surface area contributed by atoms with Gasteiger partial charge in [-0.3, -0.25) is 14.5 Å². The van der Waals surface area contributed by atoms with Gasteiger partial charge >= 0.3 is 0 Å². The summed E-state index contributed by atoms with van der Waals surface area (Å²) < 4.78 is 5.31. The molecular weight excluding hydrogens is 342 g/mol. The monoisotopic (exact) mass is 371 g/mol. The third kappa shape index (κ3) is 5.44. The van der Waals surface area contributed by atoms with Crippen LogP contribution in [0.5, 0.6) is 5.75 Å². The minimum Gasteiger partial charge on any atom is -0.496 e. The zero-order valence-corrected chi connectivity index (χ0v) is 16.2. The predicted molar refractivity (Wildman–Crippen MR) is 107 cm³/mol. The zero-order chi connectivity index (χ0) is 19.8. The number of methoxy groups -OCH3 is 1. The first-order valence-electron chi connectivity index (χ1n) is 9.15. The van der Waals surface area contributed by atoms with Gasteiger partial charge in [0.1, 0.15) is 5.75 Å². The predicted octanol–water partition coefficient (Wildman–Crippen LogP) is 1.89. The molecule has 1 aliphatic rings. The molecule has 0 spiro atoms. The smallest absolute Gasteiger partial charge is 0.237 e.